The van der Waals surface area contributed by atoms with Crippen LogP contribution in [0.15, 0.2) is 84.9 Å². The van der Waals surface area contributed by atoms with Crippen molar-refractivity contribution in [3.05, 3.63) is 112 Å². The predicted octanol–water partition coefficient (Wildman–Crippen LogP) is 4.93. The second-order valence-corrected chi connectivity index (χ2v) is 8.72. The van der Waals surface area contributed by atoms with Crippen molar-refractivity contribution < 1.29 is 19.1 Å². The highest BCUT2D eigenvalue weighted by molar-refractivity contribution is 7.16. The van der Waals surface area contributed by atoms with E-state index in [4.69, 9.17) is 22.3 Å². The molecule has 7 nitrogen and oxygen atoms in total. The number of carbonyl (C=O) groups excluding carboxylic acids is 2. The maximum Gasteiger partial charge on any atom is 0.255 e. The Hall–Kier alpha value is -4.47. The first-order chi connectivity index (χ1) is 17.7. The molecule has 192 valence electrons. The minimum absolute atomic E-state index is 0.150. The Balaban J connectivity index is 0.000000244. The SMILES string of the molecule is CO.Cc1ccc(C(=O)Nc2ccccc2N)cc1.NC(=O)/C(=C/c1ccc(N)s1)c1ccc(F)cc1. The summed E-state index contributed by atoms with van der Waals surface area (Å²) in [6, 6.07) is 23.8. The maximum absolute atomic E-state index is 12.8. The molecule has 4 aromatic rings. The zero-order valence-corrected chi connectivity index (χ0v) is 21.3. The standard InChI is InChI=1S/C14H14N2O.C13H11FN2OS.CH4O/c1-10-6-8-11(9-7-10)14(17)16-13-5-3-2-4-12(13)15;14-9-3-1-8(2-4-9)11(13(16)17)7-10-5-6-12(15)18-10;1-2/h2-9H,15H2,1H3,(H,16,17);1-7H,15H2,(H2,16,17);2H,1H3/b;11-7+;. The number of thiophene rings is 1. The minimum atomic E-state index is -0.562. The number of anilines is 3. The van der Waals surface area contributed by atoms with E-state index < -0.39 is 5.91 Å². The average molecular weight is 521 g/mol. The van der Waals surface area contributed by atoms with Gasteiger partial charge in [0, 0.05) is 23.1 Å². The number of benzene rings is 3. The highest BCUT2D eigenvalue weighted by Crippen LogP contribution is 2.25. The summed E-state index contributed by atoms with van der Waals surface area (Å²) in [5, 5.41) is 10.4. The summed E-state index contributed by atoms with van der Waals surface area (Å²) >= 11 is 1.35. The first-order valence-electron chi connectivity index (χ1n) is 11.0. The molecular formula is C28H29FN4O3S. The lowest BCUT2D eigenvalue weighted by molar-refractivity contribution is -0.112. The molecule has 0 aliphatic rings. The van der Waals surface area contributed by atoms with Crippen LogP contribution in [0.25, 0.3) is 11.6 Å². The second kappa shape index (κ2) is 14.2. The van der Waals surface area contributed by atoms with Gasteiger partial charge in [0.05, 0.1) is 16.4 Å². The number of rotatable bonds is 5. The molecule has 0 fully saturated rings. The topological polar surface area (TPSA) is 144 Å². The van der Waals surface area contributed by atoms with Gasteiger partial charge < -0.3 is 27.6 Å². The van der Waals surface area contributed by atoms with Crippen LogP contribution in [0, 0.1) is 12.7 Å². The zero-order valence-electron chi connectivity index (χ0n) is 20.4. The smallest absolute Gasteiger partial charge is 0.255 e. The second-order valence-electron chi connectivity index (χ2n) is 7.58. The van der Waals surface area contributed by atoms with Crippen LogP contribution in [0.2, 0.25) is 0 Å². The number of nitrogens with two attached hydrogens (primary N) is 3. The average Bonchev–Trinajstić information content (AvgIpc) is 3.31. The van der Waals surface area contributed by atoms with Gasteiger partial charge in [-0.05, 0) is 67.1 Å². The maximum atomic E-state index is 12.8. The lowest BCUT2D eigenvalue weighted by atomic mass is 10.0. The van der Waals surface area contributed by atoms with Gasteiger partial charge in [0.25, 0.3) is 5.91 Å². The zero-order chi connectivity index (χ0) is 27.4. The third kappa shape index (κ3) is 8.92. The number of nitrogen functional groups attached to an aromatic ring is 2. The Kier molecular flexibility index (Phi) is 11.0. The fraction of sp³-hybridized carbons (Fsp3) is 0.0714. The van der Waals surface area contributed by atoms with E-state index in [-0.39, 0.29) is 11.7 Å². The summed E-state index contributed by atoms with van der Waals surface area (Å²) in [6.07, 6.45) is 1.65. The molecule has 0 unspecified atom stereocenters. The number of amides is 2. The molecule has 0 radical (unpaired) electrons. The van der Waals surface area contributed by atoms with E-state index in [9.17, 15) is 14.0 Å². The lowest BCUT2D eigenvalue weighted by Crippen LogP contribution is -2.12. The van der Waals surface area contributed by atoms with E-state index in [1.165, 1.54) is 35.6 Å². The van der Waals surface area contributed by atoms with Gasteiger partial charge in [-0.2, -0.15) is 0 Å². The van der Waals surface area contributed by atoms with E-state index in [0.717, 1.165) is 17.6 Å². The first kappa shape index (κ1) is 28.8. The van der Waals surface area contributed by atoms with Crippen molar-refractivity contribution in [1.29, 1.82) is 0 Å². The van der Waals surface area contributed by atoms with E-state index >= 15 is 0 Å². The van der Waals surface area contributed by atoms with Gasteiger partial charge in [0.1, 0.15) is 5.82 Å². The number of aliphatic hydroxyl groups excluding tert-OH is 1. The third-order valence-electron chi connectivity index (χ3n) is 4.88. The largest absolute Gasteiger partial charge is 0.400 e. The number of halogens is 1. The molecule has 2 amide bonds. The van der Waals surface area contributed by atoms with Crippen molar-refractivity contribution in [1.82, 2.24) is 0 Å². The Morgan fingerprint density at radius 3 is 2.00 bits per heavy atom. The quantitative estimate of drug-likeness (QED) is 0.187. The number of aryl methyl sites for hydroxylation is 1. The number of carbonyl (C=O) groups is 2. The van der Waals surface area contributed by atoms with Gasteiger partial charge in [-0.25, -0.2) is 4.39 Å². The van der Waals surface area contributed by atoms with Gasteiger partial charge in [-0.3, -0.25) is 9.59 Å². The predicted molar refractivity (Wildman–Crippen MR) is 150 cm³/mol. The fourth-order valence-corrected chi connectivity index (χ4v) is 3.75. The number of aliphatic hydroxyl groups is 1. The number of nitrogens with one attached hydrogen (secondary N) is 1. The molecular weight excluding hydrogens is 491 g/mol. The van der Waals surface area contributed by atoms with Crippen LogP contribution >= 0.6 is 11.3 Å². The molecule has 0 aliphatic carbocycles. The summed E-state index contributed by atoms with van der Waals surface area (Å²) in [4.78, 5) is 24.2. The first-order valence-corrected chi connectivity index (χ1v) is 11.8. The summed E-state index contributed by atoms with van der Waals surface area (Å²) in [6.45, 7) is 1.98. The Morgan fingerprint density at radius 1 is 0.865 bits per heavy atom. The molecule has 0 bridgehead atoms. The monoisotopic (exact) mass is 520 g/mol. The van der Waals surface area contributed by atoms with Crippen LogP contribution < -0.4 is 22.5 Å². The fourth-order valence-electron chi connectivity index (χ4n) is 3.02. The van der Waals surface area contributed by atoms with E-state index in [1.54, 1.807) is 42.5 Å². The Bertz CT molecular complexity index is 1350. The molecule has 1 heterocycles. The van der Waals surface area contributed by atoms with Crippen molar-refractivity contribution in [2.75, 3.05) is 23.9 Å². The number of hydrogen-bond donors (Lipinski definition) is 5. The molecule has 9 heteroatoms. The molecule has 0 spiro atoms. The summed E-state index contributed by atoms with van der Waals surface area (Å²) in [5.74, 6) is -1.07. The third-order valence-corrected chi connectivity index (χ3v) is 5.74. The minimum Gasteiger partial charge on any atom is -0.400 e. The van der Waals surface area contributed by atoms with Crippen LogP contribution in [0.5, 0.6) is 0 Å². The van der Waals surface area contributed by atoms with Crippen LogP contribution in [-0.2, 0) is 4.79 Å². The summed E-state index contributed by atoms with van der Waals surface area (Å²) in [5.41, 5.74) is 20.6. The van der Waals surface area contributed by atoms with Crippen molar-refractivity contribution in [2.24, 2.45) is 5.73 Å². The summed E-state index contributed by atoms with van der Waals surface area (Å²) < 4.78 is 12.8. The Labute approximate surface area is 219 Å². The highest BCUT2D eigenvalue weighted by Gasteiger charge is 2.09. The number of hydrogen-bond acceptors (Lipinski definition) is 6. The molecule has 0 saturated heterocycles. The number of primary amides is 1. The van der Waals surface area contributed by atoms with Crippen LogP contribution in [0.4, 0.5) is 20.8 Å². The van der Waals surface area contributed by atoms with Crippen molar-refractivity contribution in [2.45, 2.75) is 6.92 Å². The molecule has 3 aromatic carbocycles. The highest BCUT2D eigenvalue weighted by atomic mass is 32.1. The molecule has 0 saturated carbocycles. The van der Waals surface area contributed by atoms with Crippen molar-refractivity contribution >= 4 is 51.2 Å². The lowest BCUT2D eigenvalue weighted by Gasteiger charge is -2.07. The molecule has 37 heavy (non-hydrogen) atoms. The van der Waals surface area contributed by atoms with Gasteiger partial charge in [0.15, 0.2) is 0 Å². The van der Waals surface area contributed by atoms with Crippen LogP contribution in [0.3, 0.4) is 0 Å². The molecule has 4 rings (SSSR count). The van der Waals surface area contributed by atoms with Gasteiger partial charge in [-0.1, -0.05) is 42.0 Å². The molecule has 1 aromatic heterocycles. The number of para-hydroxylation sites is 2. The van der Waals surface area contributed by atoms with E-state index in [1.807, 2.05) is 31.2 Å². The molecule has 0 atom stereocenters. The van der Waals surface area contributed by atoms with Gasteiger partial charge >= 0.3 is 0 Å². The van der Waals surface area contributed by atoms with Gasteiger partial charge in [0.2, 0.25) is 5.91 Å². The van der Waals surface area contributed by atoms with E-state index in [0.29, 0.717) is 33.1 Å². The molecule has 0 aliphatic heterocycles. The van der Waals surface area contributed by atoms with Gasteiger partial charge in [-0.15, -0.1) is 11.3 Å². The normalized spacial score (nSPS) is 10.3. The van der Waals surface area contributed by atoms with Crippen LogP contribution in [0.1, 0.15) is 26.4 Å². The Morgan fingerprint density at radius 2 is 1.46 bits per heavy atom. The van der Waals surface area contributed by atoms with Crippen molar-refractivity contribution in [3.8, 4) is 0 Å². The molecule has 8 N–H and O–H groups in total. The van der Waals surface area contributed by atoms with E-state index in [2.05, 4.69) is 5.32 Å². The van der Waals surface area contributed by atoms with Crippen LogP contribution in [-0.4, -0.2) is 24.0 Å². The van der Waals surface area contributed by atoms with Crippen molar-refractivity contribution in [3.63, 3.8) is 0 Å². The summed E-state index contributed by atoms with van der Waals surface area (Å²) in [7, 11) is 1.00.